The minimum Gasteiger partial charge on any atom is -0.466 e. The molecule has 0 aromatic heterocycles. The molecule has 0 amide bonds. The summed E-state index contributed by atoms with van der Waals surface area (Å²) in [5, 5.41) is 11.7. The fourth-order valence-electron chi connectivity index (χ4n) is 6.31. The molecule has 1 aliphatic carbocycles. The van der Waals surface area contributed by atoms with Crippen LogP contribution in [0.1, 0.15) is 68.4 Å². The summed E-state index contributed by atoms with van der Waals surface area (Å²) in [5.74, 6) is -0.771. The molecule has 2 aromatic rings. The van der Waals surface area contributed by atoms with E-state index in [1.807, 2.05) is 42.5 Å². The molecule has 4 rings (SSSR count). The fraction of sp³-hybridized carbons (Fsp3) is 0.536. The molecule has 6 nitrogen and oxygen atoms in total. The molecule has 188 valence electrons. The van der Waals surface area contributed by atoms with Crippen LogP contribution in [0.15, 0.2) is 54.6 Å². The van der Waals surface area contributed by atoms with Crippen molar-refractivity contribution in [3.63, 3.8) is 0 Å². The zero-order valence-electron chi connectivity index (χ0n) is 20.4. The maximum atomic E-state index is 13.5. The van der Waals surface area contributed by atoms with Crippen LogP contribution in [-0.4, -0.2) is 48.1 Å². The first-order valence-electron chi connectivity index (χ1n) is 12.8. The van der Waals surface area contributed by atoms with Crippen molar-refractivity contribution >= 4 is 5.97 Å². The Labute approximate surface area is 206 Å². The summed E-state index contributed by atoms with van der Waals surface area (Å²) in [6.07, 6.45) is 5.46. The molecular formula is C28H35FN2O4. The zero-order chi connectivity index (χ0) is 24.8. The van der Waals surface area contributed by atoms with Crippen molar-refractivity contribution in [2.45, 2.75) is 63.3 Å². The molecule has 1 aliphatic heterocycles. The van der Waals surface area contributed by atoms with Crippen molar-refractivity contribution in [2.75, 3.05) is 26.2 Å². The summed E-state index contributed by atoms with van der Waals surface area (Å²) in [6, 6.07) is 16.6. The monoisotopic (exact) mass is 482 g/mol. The first kappa shape index (κ1) is 25.3. The molecule has 3 atom stereocenters. The number of hydrogen-bond acceptors (Lipinski definition) is 5. The molecule has 0 bridgehead atoms. The Kier molecular flexibility index (Phi) is 8.16. The highest BCUT2D eigenvalue weighted by Gasteiger charge is 2.52. The number of rotatable bonds is 8. The Morgan fingerprint density at radius 1 is 1.11 bits per heavy atom. The van der Waals surface area contributed by atoms with E-state index in [9.17, 15) is 19.3 Å². The van der Waals surface area contributed by atoms with E-state index in [2.05, 4.69) is 4.90 Å². The van der Waals surface area contributed by atoms with Gasteiger partial charge in [-0.15, -0.1) is 0 Å². The first-order valence-corrected chi connectivity index (χ1v) is 12.8. The average molecular weight is 483 g/mol. The van der Waals surface area contributed by atoms with E-state index >= 15 is 0 Å². The Hall–Kier alpha value is -2.80. The molecule has 0 spiro atoms. The molecule has 1 heterocycles. The summed E-state index contributed by atoms with van der Waals surface area (Å²) in [7, 11) is 0. The number of carbonyl (C=O) groups is 1. The minimum atomic E-state index is -0.930. The maximum absolute atomic E-state index is 13.5. The average Bonchev–Trinajstić information content (AvgIpc) is 2.88. The van der Waals surface area contributed by atoms with Gasteiger partial charge in [-0.25, -0.2) is 4.39 Å². The SMILES string of the molecule is CCOC(=O)C1(C(C[N+](=O)[O-])c2ccccc2)CCN([C@@H]2CCCC[C@@H]2c2ccc(F)cc2)CC1. The summed E-state index contributed by atoms with van der Waals surface area (Å²) in [6.45, 7) is 3.09. The normalized spacial score (nSPS) is 23.4. The molecule has 0 radical (unpaired) electrons. The van der Waals surface area contributed by atoms with E-state index in [0.29, 0.717) is 37.9 Å². The van der Waals surface area contributed by atoms with Crippen LogP contribution >= 0.6 is 0 Å². The van der Waals surface area contributed by atoms with Gasteiger partial charge in [0.2, 0.25) is 6.54 Å². The predicted octanol–water partition coefficient (Wildman–Crippen LogP) is 5.56. The number of carbonyl (C=O) groups excluding carboxylic acids is 1. The van der Waals surface area contributed by atoms with Crippen molar-refractivity contribution in [1.82, 2.24) is 4.90 Å². The molecule has 35 heavy (non-hydrogen) atoms. The summed E-state index contributed by atoms with van der Waals surface area (Å²) < 4.78 is 19.1. The van der Waals surface area contributed by atoms with Crippen molar-refractivity contribution in [1.29, 1.82) is 0 Å². The Balaban J connectivity index is 1.60. The number of halogens is 1. The van der Waals surface area contributed by atoms with Gasteiger partial charge in [-0.3, -0.25) is 19.8 Å². The highest BCUT2D eigenvalue weighted by Crippen LogP contribution is 2.48. The second kappa shape index (κ2) is 11.3. The van der Waals surface area contributed by atoms with E-state index in [0.717, 1.165) is 36.8 Å². The lowest BCUT2D eigenvalue weighted by Crippen LogP contribution is -2.53. The molecule has 1 saturated heterocycles. The Morgan fingerprint density at radius 2 is 1.77 bits per heavy atom. The van der Waals surface area contributed by atoms with Gasteiger partial charge in [0.25, 0.3) is 0 Å². The van der Waals surface area contributed by atoms with Crippen LogP contribution in [0.2, 0.25) is 0 Å². The number of piperidine rings is 1. The molecule has 2 fully saturated rings. The molecule has 1 unspecified atom stereocenters. The van der Waals surface area contributed by atoms with Crippen LogP contribution in [0, 0.1) is 21.3 Å². The number of nitro groups is 1. The van der Waals surface area contributed by atoms with Gasteiger partial charge in [0, 0.05) is 11.0 Å². The largest absolute Gasteiger partial charge is 0.466 e. The minimum absolute atomic E-state index is 0.226. The first-order chi connectivity index (χ1) is 16.9. The number of ether oxygens (including phenoxy) is 1. The van der Waals surface area contributed by atoms with E-state index in [1.165, 1.54) is 12.1 Å². The topological polar surface area (TPSA) is 72.7 Å². The third-order valence-corrected chi connectivity index (χ3v) is 8.07. The summed E-state index contributed by atoms with van der Waals surface area (Å²) in [4.78, 5) is 27.3. The van der Waals surface area contributed by atoms with Gasteiger partial charge in [0.05, 0.1) is 17.9 Å². The highest BCUT2D eigenvalue weighted by molar-refractivity contribution is 5.78. The lowest BCUT2D eigenvalue weighted by Gasteiger charge is -2.48. The van der Waals surface area contributed by atoms with Crippen LogP contribution < -0.4 is 0 Å². The lowest BCUT2D eigenvalue weighted by atomic mass is 9.65. The number of hydrogen-bond donors (Lipinski definition) is 0. The zero-order valence-corrected chi connectivity index (χ0v) is 20.4. The van der Waals surface area contributed by atoms with E-state index < -0.39 is 11.3 Å². The van der Waals surface area contributed by atoms with Crippen LogP contribution in [0.5, 0.6) is 0 Å². The van der Waals surface area contributed by atoms with E-state index in [1.54, 1.807) is 6.92 Å². The van der Waals surface area contributed by atoms with Gasteiger partial charge in [0.1, 0.15) is 5.82 Å². The van der Waals surface area contributed by atoms with Crippen LogP contribution in [0.3, 0.4) is 0 Å². The molecule has 7 heteroatoms. The third-order valence-electron chi connectivity index (χ3n) is 8.07. The second-order valence-electron chi connectivity index (χ2n) is 9.90. The number of likely N-dealkylation sites (tertiary alicyclic amines) is 1. The van der Waals surface area contributed by atoms with E-state index in [-0.39, 0.29) is 29.9 Å². The number of benzene rings is 2. The van der Waals surface area contributed by atoms with Crippen molar-refractivity contribution in [3.05, 3.63) is 81.7 Å². The van der Waals surface area contributed by atoms with Crippen molar-refractivity contribution in [3.8, 4) is 0 Å². The summed E-state index contributed by atoms with van der Waals surface area (Å²) >= 11 is 0. The predicted molar refractivity (Wildman–Crippen MR) is 132 cm³/mol. The van der Waals surface area contributed by atoms with Crippen LogP contribution in [0.25, 0.3) is 0 Å². The molecule has 2 aliphatic rings. The van der Waals surface area contributed by atoms with Gasteiger partial charge in [-0.05, 0) is 74.9 Å². The highest BCUT2D eigenvalue weighted by atomic mass is 19.1. The van der Waals surface area contributed by atoms with Gasteiger partial charge in [-0.1, -0.05) is 55.3 Å². The van der Waals surface area contributed by atoms with Crippen molar-refractivity contribution in [2.24, 2.45) is 5.41 Å². The van der Waals surface area contributed by atoms with Crippen LogP contribution in [-0.2, 0) is 9.53 Å². The van der Waals surface area contributed by atoms with Crippen molar-refractivity contribution < 1.29 is 18.8 Å². The van der Waals surface area contributed by atoms with E-state index in [4.69, 9.17) is 4.74 Å². The molecule has 1 saturated carbocycles. The number of esters is 1. The fourth-order valence-corrected chi connectivity index (χ4v) is 6.31. The van der Waals surface area contributed by atoms with Gasteiger partial charge in [0.15, 0.2) is 0 Å². The smallest absolute Gasteiger partial charge is 0.313 e. The standard InChI is InChI=1S/C28H35FN2O4/c1-2-35-27(32)28(25(20-31(33)34)22-8-4-3-5-9-22)16-18-30(19-17-28)26-11-7-6-10-24(26)21-12-14-23(29)15-13-21/h3-5,8-9,12-15,24-26H,2,6-7,10-11,16-20H2,1H3/t24-,25?,26-/m1/s1. The molecule has 0 N–H and O–H groups in total. The van der Waals surface area contributed by atoms with Gasteiger partial charge >= 0.3 is 5.97 Å². The molecule has 2 aromatic carbocycles. The second-order valence-corrected chi connectivity index (χ2v) is 9.90. The maximum Gasteiger partial charge on any atom is 0.313 e. The quantitative estimate of drug-likeness (QED) is 0.280. The Morgan fingerprint density at radius 3 is 2.40 bits per heavy atom. The van der Waals surface area contributed by atoms with Gasteiger partial charge in [-0.2, -0.15) is 0 Å². The van der Waals surface area contributed by atoms with Gasteiger partial charge < -0.3 is 4.74 Å². The lowest BCUT2D eigenvalue weighted by molar-refractivity contribution is -0.486. The Bertz CT molecular complexity index is 990. The number of nitrogens with zero attached hydrogens (tertiary/aromatic N) is 2. The molecular weight excluding hydrogens is 447 g/mol. The summed E-state index contributed by atoms with van der Waals surface area (Å²) in [5.41, 5.74) is 1.04. The third kappa shape index (κ3) is 5.56. The van der Waals surface area contributed by atoms with Crippen LogP contribution in [0.4, 0.5) is 4.39 Å².